The van der Waals surface area contributed by atoms with Gasteiger partial charge in [0.05, 0.1) is 18.8 Å². The lowest BCUT2D eigenvalue weighted by atomic mass is 9.44. The van der Waals surface area contributed by atoms with E-state index in [9.17, 15) is 24.6 Å². The molecule has 4 aliphatic rings. The Morgan fingerprint density at radius 2 is 1.76 bits per heavy atom. The first-order valence-corrected chi connectivity index (χ1v) is 12.8. The molecule has 0 aliphatic heterocycles. The highest BCUT2D eigenvalue weighted by atomic mass is 19.1. The molecule has 0 saturated heterocycles. The highest BCUT2D eigenvalue weighted by Crippen LogP contribution is 2.71. The first-order valence-electron chi connectivity index (χ1n) is 12.8. The monoisotopic (exact) mass is 530 g/mol. The molecule has 9 atom stereocenters. The minimum absolute atomic E-state index is 0.00659. The molecule has 3 saturated carbocycles. The Bertz CT molecular complexity index is 1260. The Morgan fingerprint density at radius 1 is 1.11 bits per heavy atom. The number of hydrogen-bond acceptors (Lipinski definition) is 6. The van der Waals surface area contributed by atoms with E-state index < -0.39 is 69.9 Å². The number of methoxy groups -OCH3 is 1. The van der Waals surface area contributed by atoms with Gasteiger partial charge in [0, 0.05) is 22.7 Å². The van der Waals surface area contributed by atoms with Gasteiger partial charge in [0.15, 0.2) is 11.5 Å². The second-order valence-corrected chi connectivity index (χ2v) is 11.7. The number of carboxylic acids is 1. The Hall–Kier alpha value is -3.07. The highest BCUT2D eigenvalue weighted by molar-refractivity contribution is 6.01. The van der Waals surface area contributed by atoms with Crippen LogP contribution in [0.4, 0.5) is 8.78 Å². The third kappa shape index (κ3) is 3.17. The summed E-state index contributed by atoms with van der Waals surface area (Å²) in [6, 6.07) is 6.01. The van der Waals surface area contributed by atoms with Gasteiger partial charge >= 0.3 is 11.9 Å². The Balaban J connectivity index is 1.58. The van der Waals surface area contributed by atoms with Crippen molar-refractivity contribution in [3.8, 4) is 5.75 Å². The number of alkyl halides is 2. The predicted molar refractivity (Wildman–Crippen MR) is 132 cm³/mol. The average Bonchev–Trinajstić information content (AvgIpc) is 3.09. The van der Waals surface area contributed by atoms with Gasteiger partial charge in [-0.15, -0.1) is 0 Å². The molecule has 38 heavy (non-hydrogen) atoms. The van der Waals surface area contributed by atoms with Crippen molar-refractivity contribution in [3.63, 3.8) is 0 Å². The van der Waals surface area contributed by atoms with E-state index in [4.69, 9.17) is 9.47 Å². The van der Waals surface area contributed by atoms with Crippen molar-refractivity contribution >= 4 is 17.7 Å². The number of fused-ring (bicyclic) bond motifs is 5. The second kappa shape index (κ2) is 8.46. The van der Waals surface area contributed by atoms with E-state index in [1.165, 1.54) is 38.3 Å². The van der Waals surface area contributed by atoms with Crippen molar-refractivity contribution in [2.24, 2.45) is 28.6 Å². The fraction of sp³-hybridized carbons (Fsp3) is 0.552. The molecule has 5 rings (SSSR count). The summed E-state index contributed by atoms with van der Waals surface area (Å²) in [6.07, 6.45) is -0.183. The number of carbonyl (C=O) groups excluding carboxylic acids is 2. The zero-order chi connectivity index (χ0) is 27.8. The Labute approximate surface area is 219 Å². The molecule has 204 valence electrons. The third-order valence-corrected chi connectivity index (χ3v) is 10.1. The Morgan fingerprint density at radius 3 is 2.37 bits per heavy atom. The van der Waals surface area contributed by atoms with Crippen molar-refractivity contribution in [2.75, 3.05) is 7.11 Å². The molecule has 0 heterocycles. The van der Waals surface area contributed by atoms with E-state index >= 15 is 8.78 Å². The lowest BCUT2D eigenvalue weighted by molar-refractivity contribution is -0.229. The molecule has 0 amide bonds. The van der Waals surface area contributed by atoms with Crippen LogP contribution in [0.25, 0.3) is 0 Å². The molecule has 1 aromatic rings. The fourth-order valence-corrected chi connectivity index (χ4v) is 8.17. The highest BCUT2D eigenvalue weighted by Gasteiger charge is 2.78. The van der Waals surface area contributed by atoms with Crippen molar-refractivity contribution in [3.05, 3.63) is 53.6 Å². The number of ketones is 1. The molecule has 0 aromatic heterocycles. The zero-order valence-corrected chi connectivity index (χ0v) is 21.7. The van der Waals surface area contributed by atoms with Crippen molar-refractivity contribution < 1.29 is 42.9 Å². The summed E-state index contributed by atoms with van der Waals surface area (Å²) in [4.78, 5) is 38.3. The standard InChI is InChI=1S/C29H32F2O7/c1-15-11-19-20-13-22(30)21-12-17(32)9-10-26(21,2)28(20,31)23(33)14-27(19,3)29(15,25(35)36)38-24(34)16-5-7-18(37-4)8-6-16/h5-10,12,15,19-20,22-23,33H,11,13-14H2,1-4H3,(H,35,36)/t15-,19+,20+,22+,23-,26+,27+,28+,29+/m1/s1. The van der Waals surface area contributed by atoms with Crippen LogP contribution in [-0.4, -0.2) is 58.6 Å². The van der Waals surface area contributed by atoms with Crippen LogP contribution in [0.2, 0.25) is 0 Å². The largest absolute Gasteiger partial charge is 0.497 e. The fourth-order valence-electron chi connectivity index (χ4n) is 8.17. The maximum Gasteiger partial charge on any atom is 0.349 e. The minimum Gasteiger partial charge on any atom is -0.497 e. The molecule has 7 nitrogen and oxygen atoms in total. The number of rotatable bonds is 4. The number of hydrogen-bond donors (Lipinski definition) is 2. The Kier molecular flexibility index (Phi) is 5.91. The van der Waals surface area contributed by atoms with E-state index in [1.807, 2.05) is 0 Å². The molecule has 0 radical (unpaired) electrons. The third-order valence-electron chi connectivity index (χ3n) is 10.1. The smallest absolute Gasteiger partial charge is 0.349 e. The quantitative estimate of drug-likeness (QED) is 0.561. The van der Waals surface area contributed by atoms with Gasteiger partial charge in [-0.2, -0.15) is 0 Å². The zero-order valence-electron chi connectivity index (χ0n) is 21.7. The van der Waals surface area contributed by atoms with E-state index in [0.29, 0.717) is 5.75 Å². The molecular formula is C29H32F2O7. The maximum absolute atomic E-state index is 17.3. The topological polar surface area (TPSA) is 110 Å². The molecule has 9 heteroatoms. The van der Waals surface area contributed by atoms with Gasteiger partial charge in [0.2, 0.25) is 5.60 Å². The van der Waals surface area contributed by atoms with Gasteiger partial charge in [0.1, 0.15) is 11.9 Å². The van der Waals surface area contributed by atoms with Gasteiger partial charge in [-0.05, 0) is 74.1 Å². The average molecular weight is 531 g/mol. The number of aliphatic hydroxyl groups excluding tert-OH is 1. The summed E-state index contributed by atoms with van der Waals surface area (Å²) < 4.78 is 43.9. The van der Waals surface area contributed by atoms with Crippen LogP contribution in [0.3, 0.4) is 0 Å². The summed E-state index contributed by atoms with van der Waals surface area (Å²) in [7, 11) is 1.47. The van der Waals surface area contributed by atoms with Crippen LogP contribution in [-0.2, 0) is 14.3 Å². The van der Waals surface area contributed by atoms with Crippen molar-refractivity contribution in [2.45, 2.75) is 63.6 Å². The van der Waals surface area contributed by atoms with Gasteiger partial charge in [-0.3, -0.25) is 4.79 Å². The molecule has 3 fully saturated rings. The number of esters is 1. The number of carboxylic acid groups (broad SMARTS) is 1. The molecule has 0 spiro atoms. The number of aliphatic hydroxyl groups is 1. The van der Waals surface area contributed by atoms with E-state index in [0.717, 1.165) is 6.08 Å². The van der Waals surface area contributed by atoms with Crippen LogP contribution >= 0.6 is 0 Å². The summed E-state index contributed by atoms with van der Waals surface area (Å²) in [6.45, 7) is 4.72. The predicted octanol–water partition coefficient (Wildman–Crippen LogP) is 4.24. The first-order chi connectivity index (χ1) is 17.8. The van der Waals surface area contributed by atoms with E-state index in [1.54, 1.807) is 26.0 Å². The minimum atomic E-state index is -2.35. The van der Waals surface area contributed by atoms with Gasteiger partial charge in [-0.25, -0.2) is 18.4 Å². The first kappa shape index (κ1) is 26.5. The number of benzene rings is 1. The maximum atomic E-state index is 17.3. The second-order valence-electron chi connectivity index (χ2n) is 11.7. The number of carbonyl (C=O) groups is 3. The van der Waals surface area contributed by atoms with Crippen LogP contribution in [0.1, 0.15) is 50.4 Å². The summed E-state index contributed by atoms with van der Waals surface area (Å²) in [5.74, 6) is -4.74. The molecular weight excluding hydrogens is 498 g/mol. The number of allylic oxidation sites excluding steroid dienone is 4. The lowest BCUT2D eigenvalue weighted by Gasteiger charge is -2.62. The van der Waals surface area contributed by atoms with Crippen molar-refractivity contribution in [1.29, 1.82) is 0 Å². The van der Waals surface area contributed by atoms with E-state index in [2.05, 4.69) is 0 Å². The SMILES string of the molecule is COc1ccc(C(=O)O[C@]2(C(=O)O)[C@H](C)C[C@H]3[C@@H]4C[C@H](F)C5=CC(=O)C=C[C@]5(C)[C@@]4(F)[C@H](O)C[C@@]32C)cc1. The van der Waals surface area contributed by atoms with E-state index in [-0.39, 0.29) is 30.4 Å². The van der Waals surface area contributed by atoms with Crippen LogP contribution in [0.5, 0.6) is 5.75 Å². The number of aliphatic carboxylic acids is 1. The lowest BCUT2D eigenvalue weighted by Crippen LogP contribution is -2.71. The van der Waals surface area contributed by atoms with Gasteiger partial charge in [-0.1, -0.05) is 19.9 Å². The van der Waals surface area contributed by atoms with Crippen LogP contribution in [0.15, 0.2) is 48.1 Å². The van der Waals surface area contributed by atoms with Crippen molar-refractivity contribution in [1.82, 2.24) is 0 Å². The number of halogens is 2. The molecule has 1 aromatic carbocycles. The molecule has 0 unspecified atom stereocenters. The molecule has 0 bridgehead atoms. The molecule has 2 N–H and O–H groups in total. The van der Waals surface area contributed by atoms with Crippen LogP contribution < -0.4 is 4.74 Å². The van der Waals surface area contributed by atoms with Crippen LogP contribution in [0, 0.1) is 28.6 Å². The summed E-state index contributed by atoms with van der Waals surface area (Å²) >= 11 is 0. The number of ether oxygens (including phenoxy) is 2. The normalized spacial score (nSPS) is 43.4. The molecule has 4 aliphatic carbocycles. The summed E-state index contributed by atoms with van der Waals surface area (Å²) in [5.41, 5.74) is -7.31. The van der Waals surface area contributed by atoms with Gasteiger partial charge < -0.3 is 19.7 Å². The summed E-state index contributed by atoms with van der Waals surface area (Å²) in [5, 5.41) is 22.0. The van der Waals surface area contributed by atoms with Gasteiger partial charge in [0.25, 0.3) is 0 Å².